The van der Waals surface area contributed by atoms with Gasteiger partial charge in [-0.1, -0.05) is 23.2 Å². The number of halogens is 3. The summed E-state index contributed by atoms with van der Waals surface area (Å²) in [5.41, 5.74) is 1.96. The number of methoxy groups -OCH3 is 1. The molecule has 2 rings (SSSR count). The van der Waals surface area contributed by atoms with Crippen LogP contribution in [0, 0.1) is 6.92 Å². The molecular weight excluding hydrogens is 311 g/mol. The molecule has 5 heteroatoms. The molecule has 18 heavy (non-hydrogen) atoms. The fourth-order valence-electron chi connectivity index (χ4n) is 1.68. The summed E-state index contributed by atoms with van der Waals surface area (Å²) < 4.78 is 5.12. The van der Waals surface area contributed by atoms with Crippen LogP contribution in [0.15, 0.2) is 23.6 Å². The third kappa shape index (κ3) is 2.62. The Bertz CT molecular complexity index is 565. The predicted molar refractivity (Wildman–Crippen MR) is 79.8 cm³/mol. The van der Waals surface area contributed by atoms with Crippen LogP contribution in [-0.4, -0.2) is 7.11 Å². The number of hydrogen-bond acceptors (Lipinski definition) is 2. The summed E-state index contributed by atoms with van der Waals surface area (Å²) in [7, 11) is 1.55. The molecule has 1 nitrogen and oxygen atoms in total. The summed E-state index contributed by atoms with van der Waals surface area (Å²) in [6.07, 6.45) is 0. The fraction of sp³-hybridized carbons (Fsp3) is 0.231. The lowest BCUT2D eigenvalue weighted by atomic mass is 10.1. The zero-order chi connectivity index (χ0) is 13.3. The molecule has 0 radical (unpaired) electrons. The molecule has 2 aromatic rings. The van der Waals surface area contributed by atoms with Crippen molar-refractivity contribution in [2.45, 2.75) is 12.3 Å². The lowest BCUT2D eigenvalue weighted by molar-refractivity contribution is 0.415. The Kier molecular flexibility index (Phi) is 4.44. The summed E-state index contributed by atoms with van der Waals surface area (Å²) in [5.74, 6) is 0.553. The molecule has 1 unspecified atom stereocenters. The Balaban J connectivity index is 2.46. The van der Waals surface area contributed by atoms with Crippen LogP contribution in [0.4, 0.5) is 0 Å². The number of ether oxygens (including phenoxy) is 1. The van der Waals surface area contributed by atoms with Crippen LogP contribution in [0.2, 0.25) is 10.0 Å². The molecule has 1 heterocycles. The van der Waals surface area contributed by atoms with Gasteiger partial charge in [-0.25, -0.2) is 0 Å². The van der Waals surface area contributed by atoms with Crippen molar-refractivity contribution < 1.29 is 4.74 Å². The van der Waals surface area contributed by atoms with Gasteiger partial charge in [0.05, 0.1) is 17.5 Å². The highest BCUT2D eigenvalue weighted by Crippen LogP contribution is 2.41. The van der Waals surface area contributed by atoms with E-state index in [1.807, 2.05) is 18.4 Å². The maximum atomic E-state index is 6.48. The first-order valence-corrected chi connectivity index (χ1v) is 7.32. The molecule has 0 saturated heterocycles. The Morgan fingerprint density at radius 2 is 1.94 bits per heavy atom. The van der Waals surface area contributed by atoms with Gasteiger partial charge in [0.2, 0.25) is 0 Å². The van der Waals surface area contributed by atoms with E-state index >= 15 is 0 Å². The van der Waals surface area contributed by atoms with E-state index in [9.17, 15) is 0 Å². The second kappa shape index (κ2) is 5.70. The van der Waals surface area contributed by atoms with Crippen LogP contribution in [0.5, 0.6) is 5.75 Å². The second-order valence-corrected chi connectivity index (χ2v) is 6.04. The van der Waals surface area contributed by atoms with Gasteiger partial charge < -0.3 is 4.74 Å². The first kappa shape index (κ1) is 14.0. The minimum atomic E-state index is -0.291. The highest BCUT2D eigenvalue weighted by atomic mass is 35.5. The zero-order valence-corrected chi connectivity index (χ0v) is 12.9. The van der Waals surface area contributed by atoms with Crippen LogP contribution >= 0.6 is 46.1 Å². The molecule has 1 atom stereocenters. The topological polar surface area (TPSA) is 9.23 Å². The lowest BCUT2D eigenvalue weighted by Gasteiger charge is -2.13. The Morgan fingerprint density at radius 3 is 2.50 bits per heavy atom. The highest BCUT2D eigenvalue weighted by molar-refractivity contribution is 7.10. The van der Waals surface area contributed by atoms with Gasteiger partial charge in [0, 0.05) is 16.0 Å². The summed E-state index contributed by atoms with van der Waals surface area (Å²) in [4.78, 5) is 1.08. The molecule has 0 amide bonds. The van der Waals surface area contributed by atoms with E-state index in [1.54, 1.807) is 30.6 Å². The molecular formula is C13H11Cl3OS. The normalized spacial score (nSPS) is 12.5. The Morgan fingerprint density at radius 1 is 1.22 bits per heavy atom. The van der Waals surface area contributed by atoms with Crippen LogP contribution < -0.4 is 4.74 Å². The Labute approximate surface area is 125 Å². The van der Waals surface area contributed by atoms with Crippen LogP contribution in [0.25, 0.3) is 0 Å². The van der Waals surface area contributed by atoms with E-state index < -0.39 is 0 Å². The van der Waals surface area contributed by atoms with E-state index in [2.05, 4.69) is 0 Å². The number of alkyl halides is 1. The number of aryl methyl sites for hydroxylation is 1. The predicted octanol–water partition coefficient (Wildman–Crippen LogP) is 5.70. The van der Waals surface area contributed by atoms with Gasteiger partial charge in [-0.15, -0.1) is 22.9 Å². The average molecular weight is 322 g/mol. The molecule has 1 aromatic carbocycles. The van der Waals surface area contributed by atoms with Crippen molar-refractivity contribution in [3.05, 3.63) is 49.6 Å². The maximum absolute atomic E-state index is 6.48. The SMILES string of the molecule is COc1cc(Cl)c(C(Cl)c2sccc2C)cc1Cl. The smallest absolute Gasteiger partial charge is 0.138 e. The van der Waals surface area contributed by atoms with Gasteiger partial charge in [0.25, 0.3) is 0 Å². The van der Waals surface area contributed by atoms with Crippen LogP contribution in [0.1, 0.15) is 21.4 Å². The zero-order valence-electron chi connectivity index (χ0n) is 9.84. The molecule has 96 valence electrons. The number of benzene rings is 1. The molecule has 0 aliphatic heterocycles. The molecule has 0 aliphatic rings. The van der Waals surface area contributed by atoms with E-state index in [-0.39, 0.29) is 5.38 Å². The number of hydrogen-bond donors (Lipinski definition) is 0. The first-order valence-electron chi connectivity index (χ1n) is 5.25. The quantitative estimate of drug-likeness (QED) is 0.659. The van der Waals surface area contributed by atoms with E-state index in [1.165, 1.54) is 0 Å². The Hall–Kier alpha value is -0.410. The molecule has 0 aliphatic carbocycles. The van der Waals surface area contributed by atoms with Crippen LogP contribution in [-0.2, 0) is 0 Å². The number of rotatable bonds is 3. The minimum Gasteiger partial charge on any atom is -0.495 e. The summed E-state index contributed by atoms with van der Waals surface area (Å²) in [6.45, 7) is 2.03. The third-order valence-electron chi connectivity index (χ3n) is 2.68. The van der Waals surface area contributed by atoms with Crippen molar-refractivity contribution in [1.82, 2.24) is 0 Å². The highest BCUT2D eigenvalue weighted by Gasteiger charge is 2.19. The van der Waals surface area contributed by atoms with Gasteiger partial charge in [-0.3, -0.25) is 0 Å². The number of thiophene rings is 1. The van der Waals surface area contributed by atoms with E-state index in [0.717, 1.165) is 16.0 Å². The van der Waals surface area contributed by atoms with E-state index in [0.29, 0.717) is 15.8 Å². The van der Waals surface area contributed by atoms with Gasteiger partial charge in [0.1, 0.15) is 5.75 Å². The van der Waals surface area contributed by atoms with Crippen LogP contribution in [0.3, 0.4) is 0 Å². The summed E-state index contributed by atoms with van der Waals surface area (Å²) in [5, 5.41) is 2.79. The molecule has 0 saturated carbocycles. The van der Waals surface area contributed by atoms with Crippen molar-refractivity contribution in [2.75, 3.05) is 7.11 Å². The molecule has 0 bridgehead atoms. The largest absolute Gasteiger partial charge is 0.495 e. The molecule has 0 N–H and O–H groups in total. The molecule has 0 spiro atoms. The standard InChI is InChI=1S/C13H11Cl3OS/c1-7-3-4-18-13(7)12(16)8-5-10(15)11(17-2)6-9(8)14/h3-6,12H,1-2H3. The van der Waals surface area contributed by atoms with Crippen molar-refractivity contribution in [2.24, 2.45) is 0 Å². The van der Waals surface area contributed by atoms with Crippen molar-refractivity contribution in [3.63, 3.8) is 0 Å². The van der Waals surface area contributed by atoms with Crippen molar-refractivity contribution in [1.29, 1.82) is 0 Å². The monoisotopic (exact) mass is 320 g/mol. The van der Waals surface area contributed by atoms with E-state index in [4.69, 9.17) is 39.5 Å². The van der Waals surface area contributed by atoms with Crippen molar-refractivity contribution in [3.8, 4) is 5.75 Å². The lowest BCUT2D eigenvalue weighted by Crippen LogP contribution is -1.95. The third-order valence-corrected chi connectivity index (χ3v) is 4.97. The van der Waals surface area contributed by atoms with Gasteiger partial charge >= 0.3 is 0 Å². The fourth-order valence-corrected chi connectivity index (χ4v) is 3.67. The molecule has 1 aromatic heterocycles. The summed E-state index contributed by atoms with van der Waals surface area (Å²) >= 11 is 20.4. The maximum Gasteiger partial charge on any atom is 0.138 e. The molecule has 0 fully saturated rings. The van der Waals surface area contributed by atoms with Gasteiger partial charge in [0.15, 0.2) is 0 Å². The summed E-state index contributed by atoms with van der Waals surface area (Å²) in [6, 6.07) is 5.49. The van der Waals surface area contributed by atoms with Crippen molar-refractivity contribution >= 4 is 46.1 Å². The van der Waals surface area contributed by atoms with Gasteiger partial charge in [-0.2, -0.15) is 0 Å². The van der Waals surface area contributed by atoms with Gasteiger partial charge in [-0.05, 0) is 35.6 Å². The minimum absolute atomic E-state index is 0.291. The first-order chi connectivity index (χ1) is 8.54. The second-order valence-electron chi connectivity index (χ2n) is 3.84. The average Bonchev–Trinajstić information content (AvgIpc) is 2.77.